The zero-order valence-corrected chi connectivity index (χ0v) is 14.2. The summed E-state index contributed by atoms with van der Waals surface area (Å²) in [6.07, 6.45) is 0. The number of hydrogen-bond donors (Lipinski definition) is 1. The molecule has 23 heavy (non-hydrogen) atoms. The lowest BCUT2D eigenvalue weighted by molar-refractivity contribution is 0.102. The van der Waals surface area contributed by atoms with E-state index >= 15 is 0 Å². The van der Waals surface area contributed by atoms with Gasteiger partial charge >= 0.3 is 0 Å². The van der Waals surface area contributed by atoms with E-state index in [9.17, 15) is 4.79 Å². The molecule has 0 spiro atoms. The van der Waals surface area contributed by atoms with Crippen molar-refractivity contribution in [2.75, 3.05) is 11.9 Å². The summed E-state index contributed by atoms with van der Waals surface area (Å²) in [4.78, 5) is 14.6. The molecular formula is C18H24N4O. The maximum absolute atomic E-state index is 12.2. The van der Waals surface area contributed by atoms with E-state index in [-0.39, 0.29) is 5.91 Å². The van der Waals surface area contributed by atoms with Crippen molar-refractivity contribution in [1.82, 2.24) is 15.1 Å². The van der Waals surface area contributed by atoms with E-state index < -0.39 is 0 Å². The van der Waals surface area contributed by atoms with Gasteiger partial charge in [0.05, 0.1) is 5.69 Å². The molecule has 0 atom stereocenters. The van der Waals surface area contributed by atoms with Crippen LogP contribution in [0.25, 0.3) is 0 Å². The number of rotatable bonds is 6. The van der Waals surface area contributed by atoms with Crippen LogP contribution in [0.2, 0.25) is 0 Å². The van der Waals surface area contributed by atoms with Crippen LogP contribution in [0.4, 0.5) is 5.82 Å². The number of hydrogen-bond acceptors (Lipinski definition) is 4. The fraction of sp³-hybridized carbons (Fsp3) is 0.389. The summed E-state index contributed by atoms with van der Waals surface area (Å²) in [5, 5.41) is 10.6. The Morgan fingerprint density at radius 2 is 1.83 bits per heavy atom. The Morgan fingerprint density at radius 3 is 2.35 bits per heavy atom. The second kappa shape index (κ2) is 7.83. The molecule has 0 saturated carbocycles. The van der Waals surface area contributed by atoms with Crippen molar-refractivity contribution in [3.63, 3.8) is 0 Å². The van der Waals surface area contributed by atoms with Gasteiger partial charge in [-0.2, -0.15) is 5.10 Å². The molecule has 1 heterocycles. The molecular weight excluding hydrogens is 288 g/mol. The van der Waals surface area contributed by atoms with E-state index in [0.717, 1.165) is 18.8 Å². The molecule has 0 aliphatic heterocycles. The van der Waals surface area contributed by atoms with Gasteiger partial charge in [0.1, 0.15) is 0 Å². The standard InChI is InChI=1S/C18H24N4O/c1-5-22(13(2)3)12-15-7-9-16(10-8-15)18(23)19-17-11-6-14(4)20-21-17/h6-11,13H,5,12H2,1-4H3,(H,19,21,23). The minimum atomic E-state index is -0.175. The predicted octanol–water partition coefficient (Wildman–Crippen LogP) is 3.27. The highest BCUT2D eigenvalue weighted by Gasteiger charge is 2.10. The molecule has 5 nitrogen and oxygen atoms in total. The van der Waals surface area contributed by atoms with Gasteiger partial charge in [0.25, 0.3) is 5.91 Å². The number of aryl methyl sites for hydroxylation is 1. The Morgan fingerprint density at radius 1 is 1.13 bits per heavy atom. The molecule has 0 bridgehead atoms. The van der Waals surface area contributed by atoms with Crippen LogP contribution in [-0.4, -0.2) is 33.6 Å². The van der Waals surface area contributed by atoms with Gasteiger partial charge in [0.15, 0.2) is 5.82 Å². The molecule has 2 aromatic rings. The topological polar surface area (TPSA) is 58.1 Å². The molecule has 5 heteroatoms. The first-order valence-corrected chi connectivity index (χ1v) is 7.94. The van der Waals surface area contributed by atoms with Gasteiger partial charge in [-0.25, -0.2) is 0 Å². The molecule has 1 amide bonds. The van der Waals surface area contributed by atoms with Gasteiger partial charge in [-0.05, 0) is 57.1 Å². The minimum absolute atomic E-state index is 0.175. The lowest BCUT2D eigenvalue weighted by Gasteiger charge is -2.24. The lowest BCUT2D eigenvalue weighted by atomic mass is 10.1. The summed E-state index contributed by atoms with van der Waals surface area (Å²) in [5.41, 5.74) is 2.63. The Balaban J connectivity index is 2.01. The molecule has 0 saturated heterocycles. The molecule has 1 aromatic carbocycles. The van der Waals surface area contributed by atoms with E-state index in [1.807, 2.05) is 37.3 Å². The van der Waals surface area contributed by atoms with Gasteiger partial charge in [-0.15, -0.1) is 5.10 Å². The summed E-state index contributed by atoms with van der Waals surface area (Å²) in [6.45, 7) is 10.3. The number of nitrogens with zero attached hydrogens (tertiary/aromatic N) is 3. The van der Waals surface area contributed by atoms with Crippen LogP contribution in [0.1, 0.15) is 42.4 Å². The van der Waals surface area contributed by atoms with Crippen molar-refractivity contribution < 1.29 is 4.79 Å². The molecule has 1 aromatic heterocycles. The van der Waals surface area contributed by atoms with Gasteiger partial charge in [-0.3, -0.25) is 9.69 Å². The summed E-state index contributed by atoms with van der Waals surface area (Å²) in [6, 6.07) is 11.8. The molecule has 0 unspecified atom stereocenters. The first-order chi connectivity index (χ1) is 11.0. The van der Waals surface area contributed by atoms with Crippen molar-refractivity contribution >= 4 is 11.7 Å². The molecule has 0 fully saturated rings. The summed E-state index contributed by atoms with van der Waals surface area (Å²) in [7, 11) is 0. The number of carbonyl (C=O) groups is 1. The third kappa shape index (κ3) is 4.86. The fourth-order valence-corrected chi connectivity index (χ4v) is 2.31. The van der Waals surface area contributed by atoms with Crippen LogP contribution >= 0.6 is 0 Å². The normalized spacial score (nSPS) is 11.0. The second-order valence-corrected chi connectivity index (χ2v) is 5.87. The average molecular weight is 312 g/mol. The van der Waals surface area contributed by atoms with Crippen molar-refractivity contribution in [3.8, 4) is 0 Å². The first-order valence-electron chi connectivity index (χ1n) is 7.94. The molecule has 0 aliphatic rings. The highest BCUT2D eigenvalue weighted by atomic mass is 16.1. The Kier molecular flexibility index (Phi) is 5.82. The van der Waals surface area contributed by atoms with E-state index in [1.54, 1.807) is 6.07 Å². The van der Waals surface area contributed by atoms with Gasteiger partial charge in [0, 0.05) is 18.2 Å². The van der Waals surface area contributed by atoms with Crippen LogP contribution in [0, 0.1) is 6.92 Å². The largest absolute Gasteiger partial charge is 0.305 e. The van der Waals surface area contributed by atoms with E-state index in [0.29, 0.717) is 17.4 Å². The molecule has 0 radical (unpaired) electrons. The number of benzene rings is 1. The highest BCUT2D eigenvalue weighted by Crippen LogP contribution is 2.11. The minimum Gasteiger partial charge on any atom is -0.305 e. The SMILES string of the molecule is CCN(Cc1ccc(C(=O)Nc2ccc(C)nn2)cc1)C(C)C. The summed E-state index contributed by atoms with van der Waals surface area (Å²) in [5.74, 6) is 0.285. The third-order valence-electron chi connectivity index (χ3n) is 3.78. The third-order valence-corrected chi connectivity index (χ3v) is 3.78. The van der Waals surface area contributed by atoms with E-state index in [4.69, 9.17) is 0 Å². The molecule has 1 N–H and O–H groups in total. The number of aromatic nitrogens is 2. The molecule has 0 aliphatic carbocycles. The van der Waals surface area contributed by atoms with Crippen molar-refractivity contribution in [3.05, 3.63) is 53.2 Å². The van der Waals surface area contributed by atoms with Crippen LogP contribution in [0.15, 0.2) is 36.4 Å². The second-order valence-electron chi connectivity index (χ2n) is 5.87. The molecule has 2 rings (SSSR count). The Hall–Kier alpha value is -2.27. The van der Waals surface area contributed by atoms with Crippen LogP contribution in [0.3, 0.4) is 0 Å². The Labute approximate surface area is 137 Å². The monoisotopic (exact) mass is 312 g/mol. The maximum Gasteiger partial charge on any atom is 0.256 e. The summed E-state index contributed by atoms with van der Waals surface area (Å²) < 4.78 is 0. The van der Waals surface area contributed by atoms with Crippen molar-refractivity contribution in [2.24, 2.45) is 0 Å². The lowest BCUT2D eigenvalue weighted by Crippen LogP contribution is -2.29. The van der Waals surface area contributed by atoms with E-state index in [1.165, 1.54) is 5.56 Å². The highest BCUT2D eigenvalue weighted by molar-refractivity contribution is 6.03. The van der Waals surface area contributed by atoms with Crippen molar-refractivity contribution in [1.29, 1.82) is 0 Å². The maximum atomic E-state index is 12.2. The quantitative estimate of drug-likeness (QED) is 0.889. The molecule has 122 valence electrons. The van der Waals surface area contributed by atoms with Crippen LogP contribution in [-0.2, 0) is 6.54 Å². The smallest absolute Gasteiger partial charge is 0.256 e. The van der Waals surface area contributed by atoms with Gasteiger partial charge < -0.3 is 5.32 Å². The van der Waals surface area contributed by atoms with Crippen LogP contribution < -0.4 is 5.32 Å². The zero-order chi connectivity index (χ0) is 16.8. The van der Waals surface area contributed by atoms with Gasteiger partial charge in [-0.1, -0.05) is 19.1 Å². The zero-order valence-electron chi connectivity index (χ0n) is 14.2. The Bertz CT molecular complexity index is 635. The predicted molar refractivity (Wildman–Crippen MR) is 92.4 cm³/mol. The van der Waals surface area contributed by atoms with E-state index in [2.05, 4.69) is 41.2 Å². The number of anilines is 1. The number of carbonyl (C=O) groups excluding carboxylic acids is 1. The fourth-order valence-electron chi connectivity index (χ4n) is 2.31. The van der Waals surface area contributed by atoms with Crippen LogP contribution in [0.5, 0.6) is 0 Å². The average Bonchev–Trinajstić information content (AvgIpc) is 2.55. The number of nitrogens with one attached hydrogen (secondary N) is 1. The number of amides is 1. The summed E-state index contributed by atoms with van der Waals surface area (Å²) >= 11 is 0. The first kappa shape index (κ1) is 17.1. The van der Waals surface area contributed by atoms with Gasteiger partial charge in [0.2, 0.25) is 0 Å². The van der Waals surface area contributed by atoms with Crippen molar-refractivity contribution in [2.45, 2.75) is 40.3 Å².